The molecule has 1 fully saturated rings. The molecule has 3 atom stereocenters. The highest BCUT2D eigenvalue weighted by Gasteiger charge is 2.42. The molecular weight excluding hydrogens is 286 g/mol. The van der Waals surface area contributed by atoms with Crippen molar-refractivity contribution >= 4 is 26.5 Å². The highest BCUT2D eigenvalue weighted by molar-refractivity contribution is 7.87. The van der Waals surface area contributed by atoms with Gasteiger partial charge in [-0.05, 0) is 19.3 Å². The lowest BCUT2D eigenvalue weighted by Crippen LogP contribution is -2.42. The first-order valence-electron chi connectivity index (χ1n) is 5.19. The van der Waals surface area contributed by atoms with Gasteiger partial charge in [0, 0.05) is 0 Å². The zero-order chi connectivity index (χ0) is 14.1. The fourth-order valence-electron chi connectivity index (χ4n) is 2.17. The van der Waals surface area contributed by atoms with E-state index in [0.29, 0.717) is 4.74 Å². The fourth-order valence-corrected chi connectivity index (χ4v) is 4.30. The predicted molar refractivity (Wildman–Crippen MR) is 63.6 cm³/mol. The van der Waals surface area contributed by atoms with E-state index < -0.39 is 43.1 Å². The molecule has 1 aliphatic carbocycles. The molecule has 0 spiro atoms. The summed E-state index contributed by atoms with van der Waals surface area (Å²) in [6, 6.07) is 0. The lowest BCUT2D eigenvalue weighted by molar-refractivity contribution is -0.420. The van der Waals surface area contributed by atoms with E-state index in [2.05, 4.69) is 0 Å². The number of rotatable bonds is 3. The van der Waals surface area contributed by atoms with Crippen LogP contribution in [0.3, 0.4) is 0 Å². The summed E-state index contributed by atoms with van der Waals surface area (Å²) >= 11 is 0. The van der Waals surface area contributed by atoms with Gasteiger partial charge in [-0.2, -0.15) is 16.8 Å². The summed E-state index contributed by atoms with van der Waals surface area (Å²) < 4.78 is 62.7. The van der Waals surface area contributed by atoms with Gasteiger partial charge < -0.3 is 5.21 Å². The maximum Gasteiger partial charge on any atom is 0.268 e. The van der Waals surface area contributed by atoms with Crippen LogP contribution in [0.2, 0.25) is 0 Å². The van der Waals surface area contributed by atoms with Crippen LogP contribution in [0.4, 0.5) is 0 Å². The standard InChI is InChI=1S/C8H15NO7S2/c1-9(10)5-6-2-3-7(17(11,12)13)4-8(6)18(14,15)16/h5-8H,2-4H2,1H3,(H,11,12,13)(H,14,15,16). The Morgan fingerprint density at radius 2 is 1.72 bits per heavy atom. The number of hydroxylamine groups is 1. The van der Waals surface area contributed by atoms with E-state index in [4.69, 9.17) is 9.11 Å². The van der Waals surface area contributed by atoms with Crippen LogP contribution in [0.1, 0.15) is 19.3 Å². The second-order valence-corrected chi connectivity index (χ2v) is 7.69. The number of nitrogens with zero attached hydrogens (tertiary/aromatic N) is 1. The van der Waals surface area contributed by atoms with E-state index in [0.717, 1.165) is 13.3 Å². The second kappa shape index (κ2) is 5.11. The van der Waals surface area contributed by atoms with Gasteiger partial charge in [-0.3, -0.25) is 9.11 Å². The summed E-state index contributed by atoms with van der Waals surface area (Å²) in [4.78, 5) is 0. The van der Waals surface area contributed by atoms with Crippen molar-refractivity contribution < 1.29 is 30.7 Å². The van der Waals surface area contributed by atoms with E-state index in [1.165, 1.54) is 0 Å². The van der Waals surface area contributed by atoms with E-state index >= 15 is 0 Å². The van der Waals surface area contributed by atoms with Gasteiger partial charge in [0.2, 0.25) is 0 Å². The normalized spacial score (nSPS) is 31.3. The van der Waals surface area contributed by atoms with Crippen LogP contribution in [-0.4, -0.2) is 54.4 Å². The molecule has 18 heavy (non-hydrogen) atoms. The molecule has 3 unspecified atom stereocenters. The Kier molecular flexibility index (Phi) is 4.36. The highest BCUT2D eigenvalue weighted by atomic mass is 32.2. The number of hydrogen-bond acceptors (Lipinski definition) is 5. The molecule has 0 aromatic carbocycles. The monoisotopic (exact) mass is 301 g/mol. The lowest BCUT2D eigenvalue weighted by atomic mass is 9.89. The SMILES string of the molecule is C[N+]([O-])=CC1CCC(S(=O)(=O)O)CC1S(=O)(=O)O. The van der Waals surface area contributed by atoms with Crippen LogP contribution in [0.5, 0.6) is 0 Å². The van der Waals surface area contributed by atoms with Gasteiger partial charge in [0.25, 0.3) is 20.2 Å². The van der Waals surface area contributed by atoms with Crippen LogP contribution in [0, 0.1) is 11.1 Å². The summed E-state index contributed by atoms with van der Waals surface area (Å²) in [5, 5.41) is 8.26. The first kappa shape index (κ1) is 15.3. The van der Waals surface area contributed by atoms with Crippen LogP contribution in [0.25, 0.3) is 0 Å². The van der Waals surface area contributed by atoms with Crippen LogP contribution in [-0.2, 0) is 20.2 Å². The third-order valence-electron chi connectivity index (χ3n) is 3.00. The zero-order valence-electron chi connectivity index (χ0n) is 9.63. The van der Waals surface area contributed by atoms with Crippen molar-refractivity contribution in [1.82, 2.24) is 0 Å². The van der Waals surface area contributed by atoms with Gasteiger partial charge in [-0.25, -0.2) is 4.74 Å². The number of hydrogen-bond donors (Lipinski definition) is 2. The summed E-state index contributed by atoms with van der Waals surface area (Å²) in [5.41, 5.74) is 0. The molecule has 0 saturated heterocycles. The molecule has 0 aliphatic heterocycles. The molecule has 0 heterocycles. The molecule has 106 valence electrons. The smallest absolute Gasteiger partial charge is 0.268 e. The van der Waals surface area contributed by atoms with Crippen LogP contribution < -0.4 is 0 Å². The molecule has 1 rings (SSSR count). The van der Waals surface area contributed by atoms with Gasteiger partial charge in [0.05, 0.1) is 16.4 Å². The minimum atomic E-state index is -4.49. The maximum absolute atomic E-state index is 11.2. The summed E-state index contributed by atoms with van der Waals surface area (Å²) in [7, 11) is -7.68. The van der Waals surface area contributed by atoms with Crippen molar-refractivity contribution in [3.63, 3.8) is 0 Å². The van der Waals surface area contributed by atoms with Gasteiger partial charge in [-0.15, -0.1) is 0 Å². The van der Waals surface area contributed by atoms with Gasteiger partial charge in [-0.1, -0.05) is 0 Å². The minimum absolute atomic E-state index is 0.0415. The molecule has 8 nitrogen and oxygen atoms in total. The van der Waals surface area contributed by atoms with E-state index in [1.54, 1.807) is 0 Å². The molecule has 0 amide bonds. The van der Waals surface area contributed by atoms with Crippen molar-refractivity contribution in [1.29, 1.82) is 0 Å². The van der Waals surface area contributed by atoms with Crippen LogP contribution in [0.15, 0.2) is 0 Å². The largest absolute Gasteiger partial charge is 0.624 e. The Bertz CT molecular complexity index is 532. The Morgan fingerprint density at radius 3 is 2.11 bits per heavy atom. The van der Waals surface area contributed by atoms with Crippen molar-refractivity contribution in [3.05, 3.63) is 5.21 Å². The fraction of sp³-hybridized carbons (Fsp3) is 0.875. The topological polar surface area (TPSA) is 135 Å². The van der Waals surface area contributed by atoms with Crippen molar-refractivity contribution in [2.24, 2.45) is 5.92 Å². The zero-order valence-corrected chi connectivity index (χ0v) is 11.3. The van der Waals surface area contributed by atoms with Gasteiger partial charge >= 0.3 is 0 Å². The third kappa shape index (κ3) is 3.90. The van der Waals surface area contributed by atoms with Gasteiger partial charge in [0.1, 0.15) is 7.05 Å². The Labute approximate surface area is 105 Å². The summed E-state index contributed by atoms with van der Waals surface area (Å²) in [6.07, 6.45) is 0.784. The molecule has 1 saturated carbocycles. The Morgan fingerprint density at radius 1 is 1.17 bits per heavy atom. The first-order chi connectivity index (χ1) is 8.01. The quantitative estimate of drug-likeness (QED) is 0.236. The highest BCUT2D eigenvalue weighted by Crippen LogP contribution is 2.31. The predicted octanol–water partition coefficient (Wildman–Crippen LogP) is -0.490. The van der Waals surface area contributed by atoms with Crippen molar-refractivity contribution in [2.75, 3.05) is 7.05 Å². The average molecular weight is 301 g/mol. The van der Waals surface area contributed by atoms with E-state index in [9.17, 15) is 22.0 Å². The molecule has 0 bridgehead atoms. The van der Waals surface area contributed by atoms with Crippen molar-refractivity contribution in [3.8, 4) is 0 Å². The molecule has 1 aliphatic rings. The summed E-state index contributed by atoms with van der Waals surface area (Å²) in [5.74, 6) is -0.763. The van der Waals surface area contributed by atoms with Crippen molar-refractivity contribution in [2.45, 2.75) is 29.8 Å². The van der Waals surface area contributed by atoms with Crippen LogP contribution >= 0.6 is 0 Å². The molecule has 2 N–H and O–H groups in total. The Hall–Kier alpha value is -0.710. The third-order valence-corrected chi connectivity index (χ3v) is 5.58. The van der Waals surface area contributed by atoms with E-state index in [-0.39, 0.29) is 12.8 Å². The molecule has 10 heteroatoms. The average Bonchev–Trinajstić information content (AvgIpc) is 2.13. The minimum Gasteiger partial charge on any atom is -0.624 e. The molecule has 0 aromatic heterocycles. The first-order valence-corrected chi connectivity index (χ1v) is 8.20. The van der Waals surface area contributed by atoms with E-state index in [1.807, 2.05) is 0 Å². The summed E-state index contributed by atoms with van der Waals surface area (Å²) in [6.45, 7) is 0. The Balaban J connectivity index is 3.05. The molecule has 0 radical (unpaired) electrons. The second-order valence-electron chi connectivity index (χ2n) is 4.36. The van der Waals surface area contributed by atoms with Gasteiger partial charge in [0.15, 0.2) is 6.21 Å². The maximum atomic E-state index is 11.2. The molecule has 0 aromatic rings. The lowest BCUT2D eigenvalue weighted by Gasteiger charge is -2.29. The molecular formula is C8H15NO7S2.